The van der Waals surface area contributed by atoms with E-state index >= 15 is 0 Å². The van der Waals surface area contributed by atoms with Crippen LogP contribution >= 0.6 is 0 Å². The highest BCUT2D eigenvalue weighted by Gasteiger charge is 2.17. The van der Waals surface area contributed by atoms with Crippen molar-refractivity contribution in [3.8, 4) is 0 Å². The molecular weight excluding hydrogens is 246 g/mol. The summed E-state index contributed by atoms with van der Waals surface area (Å²) in [6.45, 7) is 0.432. The van der Waals surface area contributed by atoms with Gasteiger partial charge in [0.2, 0.25) is 0 Å². The van der Waals surface area contributed by atoms with E-state index in [9.17, 15) is 8.42 Å². The average molecular weight is 266 g/mol. The Hall–Kier alpha value is -0.870. The maximum absolute atomic E-state index is 11.9. The van der Waals surface area contributed by atoms with Crippen LogP contribution in [0.2, 0.25) is 0 Å². The number of nitrogens with zero attached hydrogens (tertiary/aromatic N) is 1. The quantitative estimate of drug-likeness (QED) is 0.822. The molecule has 1 aliphatic rings. The molecule has 3 nitrogen and oxygen atoms in total. The average Bonchev–Trinajstić information content (AvgIpc) is 2.41. The third-order valence-corrected chi connectivity index (χ3v) is 4.95. The largest absolute Gasteiger partial charge is 0.256 e. The molecule has 0 bridgehead atoms. The lowest BCUT2D eigenvalue weighted by Crippen LogP contribution is -2.20. The van der Waals surface area contributed by atoms with Gasteiger partial charge in [0, 0.05) is 6.54 Å². The molecule has 1 fully saturated rings. The first kappa shape index (κ1) is 13.6. The highest BCUT2D eigenvalue weighted by atomic mass is 32.2. The van der Waals surface area contributed by atoms with Crippen molar-refractivity contribution in [2.75, 3.05) is 6.54 Å². The predicted molar refractivity (Wildman–Crippen MR) is 71.8 cm³/mol. The zero-order valence-corrected chi connectivity index (χ0v) is 11.4. The van der Waals surface area contributed by atoms with Crippen molar-refractivity contribution in [3.63, 3.8) is 0 Å². The maximum atomic E-state index is 11.9. The molecule has 99 valence electrons. The highest BCUT2D eigenvalue weighted by molar-refractivity contribution is 7.89. The van der Waals surface area contributed by atoms with Gasteiger partial charge in [0.15, 0.2) is 0 Å². The molecule has 1 aromatic rings. The first-order valence-electron chi connectivity index (χ1n) is 6.67. The van der Waals surface area contributed by atoms with E-state index < -0.39 is 10.0 Å². The Labute approximate surface area is 110 Å². The Balaban J connectivity index is 1.82. The van der Waals surface area contributed by atoms with Crippen molar-refractivity contribution < 1.29 is 8.42 Å². The van der Waals surface area contributed by atoms with E-state index in [-0.39, 0.29) is 0 Å². The third kappa shape index (κ3) is 3.82. The van der Waals surface area contributed by atoms with Gasteiger partial charge in [0.05, 0.1) is 4.90 Å². The van der Waals surface area contributed by atoms with Gasteiger partial charge in [0.1, 0.15) is 0 Å². The molecule has 0 atom stereocenters. The number of sulfonamides is 1. The molecule has 0 spiro atoms. The molecule has 2 rings (SSSR count). The van der Waals surface area contributed by atoms with Crippen molar-refractivity contribution in [2.24, 2.45) is 5.92 Å². The lowest BCUT2D eigenvalue weighted by atomic mass is 9.87. The van der Waals surface area contributed by atoms with Gasteiger partial charge in [-0.05, 0) is 24.5 Å². The predicted octanol–water partition coefficient (Wildman–Crippen LogP) is 2.95. The second kappa shape index (κ2) is 6.34. The first-order valence-corrected chi connectivity index (χ1v) is 8.11. The van der Waals surface area contributed by atoms with E-state index in [4.69, 9.17) is 0 Å². The van der Waals surface area contributed by atoms with Gasteiger partial charge in [-0.2, -0.15) is 0 Å². The van der Waals surface area contributed by atoms with Crippen LogP contribution in [0, 0.1) is 5.92 Å². The summed E-state index contributed by atoms with van der Waals surface area (Å²) in [6.07, 6.45) is 7.29. The van der Waals surface area contributed by atoms with Crippen LogP contribution in [0.3, 0.4) is 0 Å². The normalized spacial score (nSPS) is 17.8. The lowest BCUT2D eigenvalue weighted by Gasteiger charge is -2.20. The van der Waals surface area contributed by atoms with E-state index in [1.54, 1.807) is 30.3 Å². The molecule has 1 aliphatic carbocycles. The monoisotopic (exact) mass is 266 g/mol. The fourth-order valence-corrected chi connectivity index (χ4v) is 3.49. The zero-order valence-electron chi connectivity index (χ0n) is 10.6. The van der Waals surface area contributed by atoms with E-state index in [0.29, 0.717) is 17.4 Å². The van der Waals surface area contributed by atoms with Gasteiger partial charge in [-0.1, -0.05) is 50.3 Å². The number of hydrogen-bond acceptors (Lipinski definition) is 2. The van der Waals surface area contributed by atoms with Gasteiger partial charge in [0.25, 0.3) is 10.0 Å². The SMILES string of the molecule is O=S(=O)([N]CCC1CCCCC1)c1ccccc1. The zero-order chi connectivity index (χ0) is 12.8. The van der Waals surface area contributed by atoms with Crippen LogP contribution in [0.15, 0.2) is 35.2 Å². The maximum Gasteiger partial charge on any atom is 0.256 e. The Morgan fingerprint density at radius 1 is 1.06 bits per heavy atom. The van der Waals surface area contributed by atoms with E-state index in [0.717, 1.165) is 6.42 Å². The van der Waals surface area contributed by atoms with Crippen molar-refractivity contribution in [2.45, 2.75) is 43.4 Å². The molecule has 0 aliphatic heterocycles. The molecule has 1 radical (unpaired) electrons. The lowest BCUT2D eigenvalue weighted by molar-refractivity contribution is 0.339. The summed E-state index contributed by atoms with van der Waals surface area (Å²) in [5, 5.41) is 0. The summed E-state index contributed by atoms with van der Waals surface area (Å²) in [7, 11) is -3.44. The number of rotatable bonds is 5. The molecule has 18 heavy (non-hydrogen) atoms. The third-order valence-electron chi connectivity index (χ3n) is 3.56. The molecular formula is C14H20NO2S. The molecule has 0 N–H and O–H groups in total. The van der Waals surface area contributed by atoms with Crippen LogP contribution in [0.25, 0.3) is 0 Å². The van der Waals surface area contributed by atoms with Gasteiger partial charge in [-0.3, -0.25) is 0 Å². The van der Waals surface area contributed by atoms with Crippen molar-refractivity contribution in [1.82, 2.24) is 4.72 Å². The molecule has 0 aromatic heterocycles. The fourth-order valence-electron chi connectivity index (χ4n) is 2.50. The Morgan fingerprint density at radius 2 is 1.72 bits per heavy atom. The van der Waals surface area contributed by atoms with Crippen LogP contribution in [0.1, 0.15) is 38.5 Å². The Kier molecular flexibility index (Phi) is 4.78. The van der Waals surface area contributed by atoms with Crippen LogP contribution in [-0.4, -0.2) is 15.0 Å². The second-order valence-corrected chi connectivity index (χ2v) is 6.61. The summed E-state index contributed by atoms with van der Waals surface area (Å²) < 4.78 is 27.7. The Bertz CT molecular complexity index is 450. The van der Waals surface area contributed by atoms with Crippen LogP contribution in [-0.2, 0) is 10.0 Å². The van der Waals surface area contributed by atoms with Crippen molar-refractivity contribution in [3.05, 3.63) is 30.3 Å². The van der Waals surface area contributed by atoms with Gasteiger partial charge in [-0.25, -0.2) is 8.42 Å². The fraction of sp³-hybridized carbons (Fsp3) is 0.571. The summed E-state index contributed by atoms with van der Waals surface area (Å²) in [5.41, 5.74) is 0. The van der Waals surface area contributed by atoms with Crippen molar-refractivity contribution in [1.29, 1.82) is 0 Å². The summed E-state index contributed by atoms with van der Waals surface area (Å²) in [4.78, 5) is 0.300. The molecule has 0 unspecified atom stereocenters. The smallest absolute Gasteiger partial charge is 0.206 e. The first-order chi connectivity index (χ1) is 8.68. The van der Waals surface area contributed by atoms with E-state index in [1.807, 2.05) is 0 Å². The van der Waals surface area contributed by atoms with E-state index in [1.165, 1.54) is 32.1 Å². The summed E-state index contributed by atoms with van der Waals surface area (Å²) in [6, 6.07) is 8.45. The highest BCUT2D eigenvalue weighted by Crippen LogP contribution is 2.26. The van der Waals surface area contributed by atoms with Gasteiger partial charge >= 0.3 is 0 Å². The molecule has 0 saturated heterocycles. The molecule has 0 amide bonds. The standard InChI is InChI=1S/C14H20NO2S/c16-18(17,14-9-5-2-6-10-14)15-12-11-13-7-3-1-4-8-13/h2,5-6,9-10,13H,1,3-4,7-8,11-12H2. The minimum absolute atomic E-state index is 0.300. The summed E-state index contributed by atoms with van der Waals surface area (Å²) in [5.74, 6) is 0.675. The molecule has 1 aromatic carbocycles. The minimum Gasteiger partial charge on any atom is -0.206 e. The van der Waals surface area contributed by atoms with Crippen LogP contribution < -0.4 is 4.72 Å². The van der Waals surface area contributed by atoms with Crippen LogP contribution in [0.5, 0.6) is 0 Å². The molecule has 1 saturated carbocycles. The minimum atomic E-state index is -3.44. The molecule has 4 heteroatoms. The second-order valence-electron chi connectivity index (χ2n) is 4.93. The molecule has 0 heterocycles. The number of hydrogen-bond donors (Lipinski definition) is 0. The van der Waals surface area contributed by atoms with Crippen LogP contribution in [0.4, 0.5) is 0 Å². The Morgan fingerprint density at radius 3 is 2.39 bits per heavy atom. The van der Waals surface area contributed by atoms with Gasteiger partial charge in [-0.15, -0.1) is 4.72 Å². The van der Waals surface area contributed by atoms with Gasteiger partial charge < -0.3 is 0 Å². The summed E-state index contributed by atoms with van der Waals surface area (Å²) >= 11 is 0. The van der Waals surface area contributed by atoms with Crippen molar-refractivity contribution >= 4 is 10.0 Å². The topological polar surface area (TPSA) is 48.2 Å². The number of benzene rings is 1. The van der Waals surface area contributed by atoms with E-state index in [2.05, 4.69) is 4.72 Å².